The third kappa shape index (κ3) is 4.90. The van der Waals surface area contributed by atoms with Crippen LogP contribution >= 0.6 is 0 Å². The Morgan fingerprint density at radius 1 is 0.867 bits per heavy atom. The van der Waals surface area contributed by atoms with Crippen molar-refractivity contribution in [2.45, 2.75) is 63.7 Å². The molecule has 0 amide bonds. The van der Waals surface area contributed by atoms with E-state index < -0.39 is 0 Å². The Labute approximate surface area is 213 Å². The molecule has 155 valence electrons. The first-order valence-corrected chi connectivity index (χ1v) is 10.7. The topological polar surface area (TPSA) is 0 Å². The summed E-state index contributed by atoms with van der Waals surface area (Å²) in [4.78, 5) is 0. The first-order valence-electron chi connectivity index (χ1n) is 10.7. The van der Waals surface area contributed by atoms with Gasteiger partial charge in [0.1, 0.15) is 0 Å². The van der Waals surface area contributed by atoms with E-state index in [4.69, 9.17) is 0 Å². The van der Waals surface area contributed by atoms with E-state index in [0.29, 0.717) is 11.8 Å². The zero-order chi connectivity index (χ0) is 18.2. The van der Waals surface area contributed by atoms with Gasteiger partial charge < -0.3 is 30.7 Å². The summed E-state index contributed by atoms with van der Waals surface area (Å²) in [5.74, 6) is 3.04. The molecule has 0 nitrogen and oxygen atoms in total. The standard InChI is InChI=1S/C27H29.2ClH.Zr/c1-19(7-6-9-21-15-14-20-8-2-3-10-22(20)21)13-16-25-23-11-4-5-12-24(23)26-17-18-27(25)26;;;/h2-5,8,10-12,14-15,21,25H,6-7,9,13,16-18H2,1H3;2*1H;/q-1;;;+3/p-2. The summed E-state index contributed by atoms with van der Waals surface area (Å²) < 4.78 is 0. The number of rotatable bonds is 7. The van der Waals surface area contributed by atoms with Crippen LogP contribution in [-0.2, 0) is 26.2 Å². The molecule has 0 spiro atoms. The molecule has 2 aromatic carbocycles. The van der Waals surface area contributed by atoms with E-state index in [1.165, 1.54) is 56.1 Å². The molecule has 3 aliphatic rings. The van der Waals surface area contributed by atoms with Gasteiger partial charge in [-0.2, -0.15) is 19.8 Å². The summed E-state index contributed by atoms with van der Waals surface area (Å²) in [6.07, 6.45) is 13.8. The average Bonchev–Trinajstić information content (AvgIpc) is 3.16. The predicted octanol–water partition coefficient (Wildman–Crippen LogP) is 1.69. The number of hydrogen-bond acceptors (Lipinski definition) is 0. The maximum absolute atomic E-state index is 2.40. The smallest absolute Gasteiger partial charge is 1.00 e. The first kappa shape index (κ1) is 25.6. The van der Waals surface area contributed by atoms with Crippen LogP contribution in [0.25, 0.3) is 11.6 Å². The van der Waals surface area contributed by atoms with Crippen molar-refractivity contribution < 1.29 is 51.0 Å². The molecule has 0 aromatic heterocycles. The summed E-state index contributed by atoms with van der Waals surface area (Å²) >= 11 is 0. The quantitative estimate of drug-likeness (QED) is 0.493. The monoisotopic (exact) mass is 513 g/mol. The Morgan fingerprint density at radius 2 is 1.60 bits per heavy atom. The van der Waals surface area contributed by atoms with E-state index in [2.05, 4.69) is 67.6 Å². The van der Waals surface area contributed by atoms with E-state index >= 15 is 0 Å². The van der Waals surface area contributed by atoms with Gasteiger partial charge in [-0.25, -0.2) is 0 Å². The van der Waals surface area contributed by atoms with Crippen LogP contribution in [0.5, 0.6) is 0 Å². The van der Waals surface area contributed by atoms with Gasteiger partial charge in [0.15, 0.2) is 0 Å². The van der Waals surface area contributed by atoms with Crippen LogP contribution in [0.4, 0.5) is 0 Å². The molecule has 0 N–H and O–H groups in total. The molecule has 3 heteroatoms. The minimum absolute atomic E-state index is 0. The second-order valence-electron chi connectivity index (χ2n) is 8.63. The van der Waals surface area contributed by atoms with Gasteiger partial charge >= 0.3 is 26.2 Å². The van der Waals surface area contributed by atoms with Gasteiger partial charge in [-0.1, -0.05) is 79.1 Å². The van der Waals surface area contributed by atoms with Crippen LogP contribution in [0, 0.1) is 5.92 Å². The minimum atomic E-state index is 0. The SMILES string of the molecule is C[C-](CCCC1C=Cc2ccccc21)CCC1C2=C(CC2)c2ccccc21.[Cl-].[Cl-].[Zr+3]. The zero-order valence-electron chi connectivity index (χ0n) is 17.6. The first-order chi connectivity index (χ1) is 13.3. The Morgan fingerprint density at radius 3 is 2.37 bits per heavy atom. The number of halogens is 2. The minimum Gasteiger partial charge on any atom is -1.00 e. The number of fused-ring (bicyclic) bond motifs is 3. The molecular weight excluding hydrogens is 486 g/mol. The molecule has 0 heterocycles. The fourth-order valence-corrected chi connectivity index (χ4v) is 5.39. The van der Waals surface area contributed by atoms with E-state index in [-0.39, 0.29) is 51.0 Å². The van der Waals surface area contributed by atoms with Crippen molar-refractivity contribution in [2.75, 3.05) is 0 Å². The summed E-state index contributed by atoms with van der Waals surface area (Å²) in [5, 5.41) is 0. The van der Waals surface area contributed by atoms with Gasteiger partial charge in [0.05, 0.1) is 0 Å². The molecule has 2 unspecified atom stereocenters. The number of allylic oxidation sites excluding steroid dienone is 3. The van der Waals surface area contributed by atoms with E-state index in [0.717, 1.165) is 0 Å². The van der Waals surface area contributed by atoms with Gasteiger partial charge in [-0.05, 0) is 47.1 Å². The predicted molar refractivity (Wildman–Crippen MR) is 116 cm³/mol. The van der Waals surface area contributed by atoms with Crippen LogP contribution in [0.3, 0.4) is 0 Å². The van der Waals surface area contributed by atoms with Gasteiger partial charge in [0, 0.05) is 11.8 Å². The fourth-order valence-electron chi connectivity index (χ4n) is 5.39. The van der Waals surface area contributed by atoms with Crippen molar-refractivity contribution in [1.82, 2.24) is 0 Å². The average molecular weight is 516 g/mol. The summed E-state index contributed by atoms with van der Waals surface area (Å²) in [7, 11) is 0. The maximum Gasteiger partial charge on any atom is 3.00 e. The van der Waals surface area contributed by atoms with Crippen LogP contribution in [-0.4, -0.2) is 0 Å². The molecule has 0 saturated heterocycles. The Bertz CT molecular complexity index is 915. The van der Waals surface area contributed by atoms with Gasteiger partial charge in [-0.3, -0.25) is 0 Å². The summed E-state index contributed by atoms with van der Waals surface area (Å²) in [5.41, 5.74) is 9.57. The molecule has 0 bridgehead atoms. The normalized spacial score (nSPS) is 19.8. The maximum atomic E-state index is 2.40. The molecule has 0 fully saturated rings. The second kappa shape index (κ2) is 11.3. The molecule has 30 heavy (non-hydrogen) atoms. The van der Waals surface area contributed by atoms with E-state index in [1.807, 2.05) is 0 Å². The molecule has 2 atom stereocenters. The fraction of sp³-hybridized carbons (Fsp3) is 0.370. The van der Waals surface area contributed by atoms with Crippen molar-refractivity contribution in [3.8, 4) is 0 Å². The third-order valence-corrected chi connectivity index (χ3v) is 7.00. The van der Waals surface area contributed by atoms with Crippen LogP contribution in [0.15, 0.2) is 60.2 Å². The number of benzene rings is 2. The summed E-state index contributed by atoms with van der Waals surface area (Å²) in [6.45, 7) is 2.38. The van der Waals surface area contributed by atoms with Gasteiger partial charge in [-0.15, -0.1) is 0 Å². The van der Waals surface area contributed by atoms with Crippen molar-refractivity contribution in [1.29, 1.82) is 0 Å². The molecule has 3 aliphatic carbocycles. The molecule has 0 aliphatic heterocycles. The van der Waals surface area contributed by atoms with Crippen molar-refractivity contribution >= 4 is 11.6 Å². The molecule has 5 rings (SSSR count). The Hall–Kier alpha value is -0.617. The van der Waals surface area contributed by atoms with Crippen LogP contribution in [0.1, 0.15) is 86.0 Å². The largest absolute Gasteiger partial charge is 3.00 e. The summed E-state index contributed by atoms with van der Waals surface area (Å²) in [6, 6.07) is 18.0. The van der Waals surface area contributed by atoms with Crippen molar-refractivity contribution in [3.05, 3.63) is 88.4 Å². The Kier molecular flexibility index (Phi) is 9.67. The molecule has 2 aromatic rings. The zero-order valence-corrected chi connectivity index (χ0v) is 21.6. The van der Waals surface area contributed by atoms with Gasteiger partial charge in [0.2, 0.25) is 0 Å². The van der Waals surface area contributed by atoms with E-state index in [9.17, 15) is 0 Å². The molecule has 0 saturated carbocycles. The molecular formula is C27H29Cl2Zr. The van der Waals surface area contributed by atoms with Crippen molar-refractivity contribution in [3.63, 3.8) is 0 Å². The third-order valence-electron chi connectivity index (χ3n) is 7.00. The second-order valence-corrected chi connectivity index (χ2v) is 8.63. The molecule has 1 radical (unpaired) electrons. The van der Waals surface area contributed by atoms with Gasteiger partial charge in [0.25, 0.3) is 0 Å². The Balaban J connectivity index is 0.00000107. The van der Waals surface area contributed by atoms with Crippen LogP contribution in [0.2, 0.25) is 0 Å². The van der Waals surface area contributed by atoms with Crippen LogP contribution < -0.4 is 24.8 Å². The number of hydrogen-bond donors (Lipinski definition) is 0. The van der Waals surface area contributed by atoms with E-state index in [1.54, 1.807) is 28.2 Å². The van der Waals surface area contributed by atoms with Crippen molar-refractivity contribution in [2.24, 2.45) is 0 Å².